The zero-order valence-corrected chi connectivity index (χ0v) is 16.6. The average molecular weight is 449 g/mol. The lowest BCUT2D eigenvalue weighted by Crippen LogP contribution is -2.27. The molecule has 0 saturated carbocycles. The van der Waals surface area contributed by atoms with Gasteiger partial charge in [-0.25, -0.2) is 23.1 Å². The van der Waals surface area contributed by atoms with Crippen LogP contribution >= 0.6 is 0 Å². The van der Waals surface area contributed by atoms with Crippen molar-refractivity contribution in [3.8, 4) is 17.3 Å². The van der Waals surface area contributed by atoms with Crippen molar-refractivity contribution in [1.29, 1.82) is 0 Å². The monoisotopic (exact) mass is 449 g/mol. The molecule has 1 aromatic carbocycles. The molecular formula is C18H13F2N5O5S. The number of halogens is 2. The molecule has 2 aromatic heterocycles. The minimum absolute atomic E-state index is 0.0869. The van der Waals surface area contributed by atoms with Crippen molar-refractivity contribution >= 4 is 21.6 Å². The Hall–Kier alpha value is -3.61. The van der Waals surface area contributed by atoms with E-state index in [1.165, 1.54) is 47.4 Å². The highest BCUT2D eigenvalue weighted by Gasteiger charge is 2.45. The van der Waals surface area contributed by atoms with Crippen LogP contribution in [-0.2, 0) is 16.4 Å². The predicted octanol–water partition coefficient (Wildman–Crippen LogP) is 1.94. The van der Waals surface area contributed by atoms with Gasteiger partial charge in [0, 0.05) is 5.56 Å². The van der Waals surface area contributed by atoms with Crippen LogP contribution in [0, 0.1) is 0 Å². The molecule has 3 aromatic rings. The first-order valence-electron chi connectivity index (χ1n) is 9.02. The number of carbonyl (C=O) groups excluding carboxylic acids is 1. The van der Waals surface area contributed by atoms with E-state index >= 15 is 0 Å². The Bertz CT molecular complexity index is 1330. The molecule has 0 aliphatic carbocycles. The smallest absolute Gasteiger partial charge is 0.395 e. The third-order valence-electron chi connectivity index (χ3n) is 4.88. The van der Waals surface area contributed by atoms with Crippen LogP contribution in [0.1, 0.15) is 22.8 Å². The molecule has 0 bridgehead atoms. The third kappa shape index (κ3) is 3.08. The Balaban J connectivity index is 1.61. The van der Waals surface area contributed by atoms with E-state index in [4.69, 9.17) is 0 Å². The summed E-state index contributed by atoms with van der Waals surface area (Å²) in [7, 11) is -3.74. The van der Waals surface area contributed by atoms with Crippen LogP contribution in [0.15, 0.2) is 41.8 Å². The van der Waals surface area contributed by atoms with E-state index in [0.29, 0.717) is 5.56 Å². The van der Waals surface area contributed by atoms with E-state index in [2.05, 4.69) is 24.5 Å². The van der Waals surface area contributed by atoms with E-state index in [1.54, 1.807) is 0 Å². The molecule has 10 nitrogen and oxygen atoms in total. The largest absolute Gasteiger partial charge is 0.586 e. The van der Waals surface area contributed by atoms with Crippen molar-refractivity contribution in [3.05, 3.63) is 48.0 Å². The number of hydrogen-bond acceptors (Lipinski definition) is 8. The second-order valence-corrected chi connectivity index (χ2v) is 9.00. The first-order chi connectivity index (χ1) is 14.7. The number of anilines is 1. The van der Waals surface area contributed by atoms with Crippen LogP contribution in [-0.4, -0.2) is 46.1 Å². The molecule has 2 aliphatic rings. The average Bonchev–Trinajstić information content (AvgIpc) is 3.43. The standard InChI is InChI=1S/C18H13F2N5O5S/c1-2-31(27,28)14-3-4-15(25-9-21-8-22-25)23-16(14)24-7-10-5-12-13(6-11(10)17(24)26)30-18(19,20)29-12/h3-6,8-9H,2,7H2,1H3. The number of fused-ring (bicyclic) bond motifs is 2. The van der Waals surface area contributed by atoms with Crippen molar-refractivity contribution in [2.24, 2.45) is 0 Å². The van der Waals surface area contributed by atoms with Gasteiger partial charge in [0.2, 0.25) is 0 Å². The lowest BCUT2D eigenvalue weighted by atomic mass is 10.1. The zero-order chi connectivity index (χ0) is 22.0. The summed E-state index contributed by atoms with van der Waals surface area (Å²) in [6.45, 7) is 1.39. The maximum Gasteiger partial charge on any atom is 0.586 e. The van der Waals surface area contributed by atoms with Crippen molar-refractivity contribution in [1.82, 2.24) is 19.7 Å². The molecule has 1 amide bonds. The molecule has 13 heteroatoms. The fraction of sp³-hybridized carbons (Fsp3) is 0.222. The van der Waals surface area contributed by atoms with E-state index in [-0.39, 0.29) is 45.9 Å². The zero-order valence-electron chi connectivity index (χ0n) is 15.8. The minimum atomic E-state index is -3.81. The molecule has 0 spiro atoms. The Labute approximate surface area is 174 Å². The second-order valence-electron chi connectivity index (χ2n) is 6.75. The number of ether oxygens (including phenoxy) is 2. The van der Waals surface area contributed by atoms with Gasteiger partial charge in [-0.1, -0.05) is 6.92 Å². The predicted molar refractivity (Wildman–Crippen MR) is 100 cm³/mol. The molecule has 0 fully saturated rings. The van der Waals surface area contributed by atoms with Crippen molar-refractivity contribution < 1.29 is 31.5 Å². The van der Waals surface area contributed by atoms with Gasteiger partial charge in [0.05, 0.1) is 12.3 Å². The van der Waals surface area contributed by atoms with E-state index in [9.17, 15) is 22.0 Å². The number of rotatable bonds is 4. The van der Waals surface area contributed by atoms with E-state index in [0.717, 1.165) is 6.07 Å². The lowest BCUT2D eigenvalue weighted by molar-refractivity contribution is -0.286. The number of pyridine rings is 1. The molecule has 0 saturated heterocycles. The Kier molecular flexibility index (Phi) is 4.02. The molecule has 0 atom stereocenters. The Morgan fingerprint density at radius 1 is 1.19 bits per heavy atom. The van der Waals surface area contributed by atoms with Crippen LogP contribution in [0.5, 0.6) is 11.5 Å². The van der Waals surface area contributed by atoms with Gasteiger partial charge >= 0.3 is 6.29 Å². The lowest BCUT2D eigenvalue weighted by Gasteiger charge is -2.19. The Morgan fingerprint density at radius 3 is 2.61 bits per heavy atom. The van der Waals surface area contributed by atoms with Crippen molar-refractivity contribution in [2.45, 2.75) is 24.7 Å². The van der Waals surface area contributed by atoms with Gasteiger partial charge in [0.1, 0.15) is 17.6 Å². The topological polar surface area (TPSA) is 117 Å². The van der Waals surface area contributed by atoms with Crippen LogP contribution < -0.4 is 14.4 Å². The molecule has 31 heavy (non-hydrogen) atoms. The number of benzene rings is 1. The summed E-state index contributed by atoms with van der Waals surface area (Å²) in [4.78, 5) is 22.3. The second kappa shape index (κ2) is 6.44. The highest BCUT2D eigenvalue weighted by molar-refractivity contribution is 7.91. The summed E-state index contributed by atoms with van der Waals surface area (Å²) in [5, 5.41) is 3.97. The summed E-state index contributed by atoms with van der Waals surface area (Å²) in [5.41, 5.74) is 0.464. The molecule has 5 rings (SSSR count). The normalized spacial score (nSPS) is 16.6. The molecule has 0 N–H and O–H groups in total. The van der Waals surface area contributed by atoms with Crippen LogP contribution in [0.2, 0.25) is 0 Å². The summed E-state index contributed by atoms with van der Waals surface area (Å²) < 4.78 is 62.2. The maximum atomic E-state index is 13.3. The first kappa shape index (κ1) is 19.4. The fourth-order valence-electron chi connectivity index (χ4n) is 3.40. The number of amides is 1. The van der Waals surface area contributed by atoms with Crippen molar-refractivity contribution in [2.75, 3.05) is 10.7 Å². The number of alkyl halides is 2. The fourth-order valence-corrected chi connectivity index (χ4v) is 4.42. The Morgan fingerprint density at radius 2 is 1.94 bits per heavy atom. The molecule has 4 heterocycles. The van der Waals surface area contributed by atoms with Crippen LogP contribution in [0.3, 0.4) is 0 Å². The molecule has 0 radical (unpaired) electrons. The highest BCUT2D eigenvalue weighted by Crippen LogP contribution is 2.45. The number of sulfone groups is 1. The SMILES string of the molecule is CCS(=O)(=O)c1ccc(-n2cncn2)nc1N1Cc2cc3c(cc2C1=O)OC(F)(F)O3. The summed E-state index contributed by atoms with van der Waals surface area (Å²) in [6.07, 6.45) is -1.15. The van der Waals surface area contributed by atoms with Crippen LogP contribution in [0.4, 0.5) is 14.6 Å². The number of nitrogens with zero attached hydrogens (tertiary/aromatic N) is 5. The number of hydrogen-bond donors (Lipinski definition) is 0. The third-order valence-corrected chi connectivity index (χ3v) is 6.63. The van der Waals surface area contributed by atoms with Gasteiger partial charge in [0.25, 0.3) is 5.91 Å². The molecule has 0 unspecified atom stereocenters. The first-order valence-corrected chi connectivity index (χ1v) is 10.7. The minimum Gasteiger partial charge on any atom is -0.395 e. The van der Waals surface area contributed by atoms with Crippen molar-refractivity contribution in [3.63, 3.8) is 0 Å². The number of carbonyl (C=O) groups is 1. The van der Waals surface area contributed by atoms with E-state index < -0.39 is 22.0 Å². The van der Waals surface area contributed by atoms with Gasteiger partial charge in [-0.3, -0.25) is 9.69 Å². The quantitative estimate of drug-likeness (QED) is 0.593. The molecule has 2 aliphatic heterocycles. The van der Waals surface area contributed by atoms with Gasteiger partial charge < -0.3 is 9.47 Å². The van der Waals surface area contributed by atoms with Crippen LogP contribution in [0.25, 0.3) is 5.82 Å². The maximum absolute atomic E-state index is 13.3. The van der Waals surface area contributed by atoms with E-state index in [1.807, 2.05) is 0 Å². The molecule has 160 valence electrons. The van der Waals surface area contributed by atoms with Gasteiger partial charge in [0.15, 0.2) is 33.0 Å². The molecular weight excluding hydrogens is 436 g/mol. The van der Waals surface area contributed by atoms with Gasteiger partial charge in [-0.15, -0.1) is 8.78 Å². The summed E-state index contributed by atoms with van der Waals surface area (Å²) in [6, 6.07) is 5.23. The number of aromatic nitrogens is 4. The summed E-state index contributed by atoms with van der Waals surface area (Å²) >= 11 is 0. The highest BCUT2D eigenvalue weighted by atomic mass is 32.2. The van der Waals surface area contributed by atoms with Gasteiger partial charge in [-0.2, -0.15) is 5.10 Å². The van der Waals surface area contributed by atoms with Gasteiger partial charge in [-0.05, 0) is 29.8 Å². The summed E-state index contributed by atoms with van der Waals surface area (Å²) in [5.74, 6) is -1.13.